The van der Waals surface area contributed by atoms with E-state index in [9.17, 15) is 0 Å². The summed E-state index contributed by atoms with van der Waals surface area (Å²) in [6.07, 6.45) is 3.21. The minimum absolute atomic E-state index is 0.623. The summed E-state index contributed by atoms with van der Waals surface area (Å²) in [6.45, 7) is 2.16. The molecule has 0 unspecified atom stereocenters. The van der Waals surface area contributed by atoms with Crippen LogP contribution < -0.4 is 0 Å². The van der Waals surface area contributed by atoms with Gasteiger partial charge in [0.05, 0.1) is 11.0 Å². The van der Waals surface area contributed by atoms with E-state index in [1.807, 2.05) is 0 Å². The van der Waals surface area contributed by atoms with Crippen LogP contribution in [0.25, 0.3) is 11.0 Å². The molecule has 0 amide bonds. The normalized spacial score (nSPS) is 11.7. The summed E-state index contributed by atoms with van der Waals surface area (Å²) in [5, 5.41) is 0. The molecular formula is C15H21ClIN3. The zero-order valence-electron chi connectivity index (χ0n) is 12.1. The van der Waals surface area contributed by atoms with E-state index in [2.05, 4.69) is 64.4 Å². The maximum absolute atomic E-state index is 5.91. The Balaban J connectivity index is 2.17. The van der Waals surface area contributed by atoms with Gasteiger partial charge in [0, 0.05) is 22.4 Å². The van der Waals surface area contributed by atoms with Crippen molar-refractivity contribution in [1.82, 2.24) is 14.5 Å². The van der Waals surface area contributed by atoms with Gasteiger partial charge < -0.3 is 9.47 Å². The Bertz CT molecular complexity index is 565. The summed E-state index contributed by atoms with van der Waals surface area (Å²) in [7, 11) is 4.24. The fourth-order valence-electron chi connectivity index (χ4n) is 2.38. The highest BCUT2D eigenvalue weighted by molar-refractivity contribution is 14.1. The third kappa shape index (κ3) is 4.09. The molecule has 3 nitrogen and oxygen atoms in total. The molecule has 0 aliphatic rings. The molecule has 0 radical (unpaired) electrons. The summed E-state index contributed by atoms with van der Waals surface area (Å²) in [5.74, 6) is 1.74. The monoisotopic (exact) mass is 405 g/mol. The van der Waals surface area contributed by atoms with E-state index in [4.69, 9.17) is 16.6 Å². The molecule has 0 spiro atoms. The van der Waals surface area contributed by atoms with Crippen LogP contribution in [0.1, 0.15) is 18.7 Å². The van der Waals surface area contributed by atoms with Gasteiger partial charge >= 0.3 is 0 Å². The number of hydrogen-bond donors (Lipinski definition) is 0. The number of aromatic nitrogens is 2. The minimum Gasteiger partial charge on any atom is -0.328 e. The van der Waals surface area contributed by atoms with Gasteiger partial charge in [-0.3, -0.25) is 0 Å². The molecule has 1 aromatic carbocycles. The Labute approximate surface area is 139 Å². The SMILES string of the molecule is CN(C)CCCCn1c(CCCl)nc2cc(I)ccc21. The zero-order valence-corrected chi connectivity index (χ0v) is 15.0. The second kappa shape index (κ2) is 7.61. The van der Waals surface area contributed by atoms with E-state index in [-0.39, 0.29) is 0 Å². The standard InChI is InChI=1S/C15H21ClIN3/c1-19(2)9-3-4-10-20-14-6-5-12(17)11-13(14)18-15(20)7-8-16/h5-6,11H,3-4,7-10H2,1-2H3. The van der Waals surface area contributed by atoms with E-state index in [0.29, 0.717) is 5.88 Å². The van der Waals surface area contributed by atoms with Crippen LogP contribution in [0.3, 0.4) is 0 Å². The van der Waals surface area contributed by atoms with Gasteiger partial charge in [0.25, 0.3) is 0 Å². The summed E-state index contributed by atoms with van der Waals surface area (Å²) in [5.41, 5.74) is 2.32. The predicted molar refractivity (Wildman–Crippen MR) is 94.7 cm³/mol. The van der Waals surface area contributed by atoms with Crippen molar-refractivity contribution in [2.45, 2.75) is 25.8 Å². The Morgan fingerprint density at radius 3 is 2.80 bits per heavy atom. The van der Waals surface area contributed by atoms with Gasteiger partial charge in [0.2, 0.25) is 0 Å². The van der Waals surface area contributed by atoms with Crippen LogP contribution in [0.5, 0.6) is 0 Å². The number of alkyl halides is 1. The van der Waals surface area contributed by atoms with Crippen LogP contribution in [0.2, 0.25) is 0 Å². The summed E-state index contributed by atoms with van der Waals surface area (Å²) in [6, 6.07) is 6.46. The van der Waals surface area contributed by atoms with Crippen molar-refractivity contribution in [3.8, 4) is 0 Å². The highest BCUT2D eigenvalue weighted by Gasteiger charge is 2.10. The summed E-state index contributed by atoms with van der Waals surface area (Å²) >= 11 is 8.24. The molecule has 110 valence electrons. The van der Waals surface area contributed by atoms with Gasteiger partial charge in [0.15, 0.2) is 0 Å². The van der Waals surface area contributed by atoms with E-state index in [1.54, 1.807) is 0 Å². The molecule has 0 fully saturated rings. The fourth-order valence-corrected chi connectivity index (χ4v) is 3.02. The van der Waals surface area contributed by atoms with Crippen LogP contribution in [-0.2, 0) is 13.0 Å². The number of aryl methyl sites for hydroxylation is 2. The maximum Gasteiger partial charge on any atom is 0.111 e. The first-order valence-corrected chi connectivity index (χ1v) is 8.58. The van der Waals surface area contributed by atoms with Gasteiger partial charge in [-0.2, -0.15) is 0 Å². The van der Waals surface area contributed by atoms with Gasteiger partial charge in [-0.15, -0.1) is 11.6 Å². The molecule has 5 heteroatoms. The average Bonchev–Trinajstić information content (AvgIpc) is 2.72. The van der Waals surface area contributed by atoms with Crippen molar-refractivity contribution in [3.63, 3.8) is 0 Å². The molecule has 2 rings (SSSR count). The molecule has 0 atom stereocenters. The molecule has 0 bridgehead atoms. The molecule has 0 saturated carbocycles. The quantitative estimate of drug-likeness (QED) is 0.397. The van der Waals surface area contributed by atoms with Crippen LogP contribution in [0.4, 0.5) is 0 Å². The van der Waals surface area contributed by atoms with Gasteiger partial charge in [-0.25, -0.2) is 4.98 Å². The number of nitrogens with zero attached hydrogens (tertiary/aromatic N) is 3. The van der Waals surface area contributed by atoms with E-state index in [1.165, 1.54) is 21.9 Å². The molecule has 0 saturated heterocycles. The highest BCUT2D eigenvalue weighted by Crippen LogP contribution is 2.20. The second-order valence-electron chi connectivity index (χ2n) is 5.26. The molecule has 0 N–H and O–H groups in total. The Morgan fingerprint density at radius 2 is 2.10 bits per heavy atom. The van der Waals surface area contributed by atoms with Crippen molar-refractivity contribution in [1.29, 1.82) is 0 Å². The van der Waals surface area contributed by atoms with Crippen molar-refractivity contribution < 1.29 is 0 Å². The summed E-state index contributed by atoms with van der Waals surface area (Å²) < 4.78 is 3.56. The lowest BCUT2D eigenvalue weighted by Gasteiger charge is -2.11. The van der Waals surface area contributed by atoms with Crippen molar-refractivity contribution >= 4 is 45.2 Å². The largest absolute Gasteiger partial charge is 0.328 e. The lowest BCUT2D eigenvalue weighted by Crippen LogP contribution is -2.14. The van der Waals surface area contributed by atoms with E-state index < -0.39 is 0 Å². The van der Waals surface area contributed by atoms with E-state index >= 15 is 0 Å². The number of imidazole rings is 1. The predicted octanol–water partition coefficient (Wildman–Crippen LogP) is 3.76. The van der Waals surface area contributed by atoms with Crippen molar-refractivity contribution in [2.75, 3.05) is 26.5 Å². The highest BCUT2D eigenvalue weighted by atomic mass is 127. The third-order valence-electron chi connectivity index (χ3n) is 3.34. The number of hydrogen-bond acceptors (Lipinski definition) is 2. The topological polar surface area (TPSA) is 21.1 Å². The fraction of sp³-hybridized carbons (Fsp3) is 0.533. The zero-order chi connectivity index (χ0) is 14.5. The molecule has 0 aliphatic heterocycles. The van der Waals surface area contributed by atoms with Gasteiger partial charge in [-0.05, 0) is 74.3 Å². The first-order chi connectivity index (χ1) is 9.61. The smallest absolute Gasteiger partial charge is 0.111 e. The first kappa shape index (κ1) is 16.0. The van der Waals surface area contributed by atoms with Gasteiger partial charge in [-0.1, -0.05) is 0 Å². The minimum atomic E-state index is 0.623. The Hall–Kier alpha value is -0.330. The number of halogens is 2. The lowest BCUT2D eigenvalue weighted by molar-refractivity contribution is 0.387. The molecule has 0 aliphatic carbocycles. The molecular weight excluding hydrogens is 385 g/mol. The van der Waals surface area contributed by atoms with Crippen LogP contribution in [0.15, 0.2) is 18.2 Å². The van der Waals surface area contributed by atoms with Gasteiger partial charge in [0.1, 0.15) is 5.82 Å². The second-order valence-corrected chi connectivity index (χ2v) is 6.89. The van der Waals surface area contributed by atoms with Crippen molar-refractivity contribution in [2.24, 2.45) is 0 Å². The van der Waals surface area contributed by atoms with E-state index in [0.717, 1.165) is 30.9 Å². The summed E-state index contributed by atoms with van der Waals surface area (Å²) in [4.78, 5) is 6.97. The van der Waals surface area contributed by atoms with Crippen LogP contribution in [-0.4, -0.2) is 41.0 Å². The molecule has 1 aromatic heterocycles. The maximum atomic E-state index is 5.91. The number of unbranched alkanes of at least 4 members (excludes halogenated alkanes) is 1. The lowest BCUT2D eigenvalue weighted by atomic mass is 10.2. The third-order valence-corrected chi connectivity index (χ3v) is 4.20. The molecule has 20 heavy (non-hydrogen) atoms. The average molecular weight is 406 g/mol. The Morgan fingerprint density at radius 1 is 1.30 bits per heavy atom. The molecule has 1 heterocycles. The number of benzene rings is 1. The molecule has 2 aromatic rings. The van der Waals surface area contributed by atoms with Crippen LogP contribution in [0, 0.1) is 3.57 Å². The Kier molecular flexibility index (Phi) is 6.11. The number of fused-ring (bicyclic) bond motifs is 1. The van der Waals surface area contributed by atoms with Crippen LogP contribution >= 0.6 is 34.2 Å². The first-order valence-electron chi connectivity index (χ1n) is 6.97. The number of rotatable bonds is 7. The van der Waals surface area contributed by atoms with Crippen molar-refractivity contribution in [3.05, 3.63) is 27.6 Å².